The highest BCUT2D eigenvalue weighted by Gasteiger charge is 2.36. The second-order valence-electron chi connectivity index (χ2n) is 4.09. The van der Waals surface area contributed by atoms with E-state index in [9.17, 15) is 4.39 Å². The largest absolute Gasteiger partial charge is 0.309 e. The lowest BCUT2D eigenvalue weighted by Crippen LogP contribution is -2.42. The fraction of sp³-hybridized carbons (Fsp3) is 0.500. The molecule has 1 aliphatic carbocycles. The molecule has 76 valence electrons. The predicted octanol–water partition coefficient (Wildman–Crippen LogP) is 2.67. The smallest absolute Gasteiger partial charge is 0.123 e. The summed E-state index contributed by atoms with van der Waals surface area (Å²) in [5.41, 5.74) is 0.310. The van der Waals surface area contributed by atoms with Crippen LogP contribution < -0.4 is 5.32 Å². The van der Waals surface area contributed by atoms with Crippen LogP contribution in [0.25, 0.3) is 0 Å². The van der Waals surface area contributed by atoms with Crippen molar-refractivity contribution >= 4 is 0 Å². The molecule has 2 rings (SSSR count). The zero-order valence-corrected chi connectivity index (χ0v) is 8.30. The summed E-state index contributed by atoms with van der Waals surface area (Å²) < 4.78 is 13.5. The normalized spacial score (nSPS) is 18.9. The molecule has 14 heavy (non-hydrogen) atoms. The maximum absolute atomic E-state index is 13.5. The molecule has 0 unspecified atom stereocenters. The highest BCUT2D eigenvalue weighted by Crippen LogP contribution is 2.34. The first-order chi connectivity index (χ1) is 6.79. The van der Waals surface area contributed by atoms with E-state index >= 15 is 0 Å². The molecule has 1 aromatic rings. The van der Waals surface area contributed by atoms with Gasteiger partial charge in [0, 0.05) is 13.1 Å². The number of halogens is 1. The van der Waals surface area contributed by atoms with Crippen molar-refractivity contribution in [2.75, 3.05) is 6.54 Å². The second kappa shape index (κ2) is 4.09. The van der Waals surface area contributed by atoms with Crippen LogP contribution in [-0.2, 0) is 6.54 Å². The van der Waals surface area contributed by atoms with Gasteiger partial charge in [-0.05, 0) is 24.8 Å². The summed E-state index contributed by atoms with van der Waals surface area (Å²) in [6.07, 6.45) is 2.51. The van der Waals surface area contributed by atoms with Crippen molar-refractivity contribution in [2.24, 2.45) is 0 Å². The number of hydrogen-bond donors (Lipinski definition) is 1. The third kappa shape index (κ3) is 2.32. The maximum atomic E-state index is 13.5. The Morgan fingerprint density at radius 3 is 2.50 bits per heavy atom. The van der Waals surface area contributed by atoms with Gasteiger partial charge < -0.3 is 5.32 Å². The Morgan fingerprint density at radius 1 is 1.21 bits per heavy atom. The van der Waals surface area contributed by atoms with Gasteiger partial charge in [0.1, 0.15) is 5.67 Å². The van der Waals surface area contributed by atoms with Gasteiger partial charge in [0.15, 0.2) is 0 Å². The van der Waals surface area contributed by atoms with E-state index in [4.69, 9.17) is 0 Å². The number of nitrogens with one attached hydrogen (secondary N) is 1. The molecule has 0 saturated heterocycles. The summed E-state index contributed by atoms with van der Waals surface area (Å²) in [7, 11) is 0. The predicted molar refractivity (Wildman–Crippen MR) is 55.8 cm³/mol. The molecule has 1 N–H and O–H groups in total. The van der Waals surface area contributed by atoms with E-state index < -0.39 is 5.67 Å². The molecule has 0 aromatic heterocycles. The van der Waals surface area contributed by atoms with Crippen LogP contribution in [0.3, 0.4) is 0 Å². The lowest BCUT2D eigenvalue weighted by molar-refractivity contribution is 0.0630. The van der Waals surface area contributed by atoms with Gasteiger partial charge in [-0.15, -0.1) is 0 Å². The van der Waals surface area contributed by atoms with Crippen LogP contribution >= 0.6 is 0 Å². The van der Waals surface area contributed by atoms with E-state index in [1.807, 2.05) is 18.2 Å². The molecule has 1 aromatic carbocycles. The van der Waals surface area contributed by atoms with Gasteiger partial charge in [0.2, 0.25) is 0 Å². The van der Waals surface area contributed by atoms with Crippen LogP contribution in [0.4, 0.5) is 4.39 Å². The summed E-state index contributed by atoms with van der Waals surface area (Å²) >= 11 is 0. The van der Waals surface area contributed by atoms with Crippen LogP contribution in [0, 0.1) is 0 Å². The minimum absolute atomic E-state index is 0.502. The summed E-state index contributed by atoms with van der Waals surface area (Å²) in [6.45, 7) is 1.27. The highest BCUT2D eigenvalue weighted by atomic mass is 19.1. The zero-order valence-electron chi connectivity index (χ0n) is 8.30. The van der Waals surface area contributed by atoms with Gasteiger partial charge in [-0.3, -0.25) is 0 Å². The van der Waals surface area contributed by atoms with Crippen LogP contribution in [0.1, 0.15) is 24.8 Å². The molecule has 0 amide bonds. The Hall–Kier alpha value is -0.890. The standard InChI is InChI=1S/C12H16FN/c13-12(7-4-8-12)10-14-9-11-5-2-1-3-6-11/h1-3,5-6,14H,4,7-10H2. The van der Waals surface area contributed by atoms with Crippen molar-refractivity contribution in [1.82, 2.24) is 5.32 Å². The van der Waals surface area contributed by atoms with E-state index in [-0.39, 0.29) is 0 Å². The molecule has 2 heteroatoms. The number of alkyl halides is 1. The molecule has 0 heterocycles. The fourth-order valence-corrected chi connectivity index (χ4v) is 1.76. The zero-order chi connectivity index (χ0) is 9.86. The van der Waals surface area contributed by atoms with Crippen molar-refractivity contribution in [3.63, 3.8) is 0 Å². The van der Waals surface area contributed by atoms with Gasteiger partial charge >= 0.3 is 0 Å². The third-order valence-corrected chi connectivity index (χ3v) is 2.86. The Bertz CT molecular complexity index is 280. The molecule has 1 saturated carbocycles. The van der Waals surface area contributed by atoms with Crippen LogP contribution in [0.15, 0.2) is 30.3 Å². The molecule has 0 radical (unpaired) electrons. The van der Waals surface area contributed by atoms with Crippen molar-refractivity contribution in [2.45, 2.75) is 31.5 Å². The lowest BCUT2D eigenvalue weighted by atomic mass is 9.82. The van der Waals surface area contributed by atoms with E-state index in [1.165, 1.54) is 5.56 Å². The van der Waals surface area contributed by atoms with Gasteiger partial charge in [-0.25, -0.2) is 4.39 Å². The Morgan fingerprint density at radius 2 is 1.93 bits per heavy atom. The Labute approximate surface area is 84.3 Å². The molecule has 1 fully saturated rings. The monoisotopic (exact) mass is 193 g/mol. The number of rotatable bonds is 4. The number of hydrogen-bond acceptors (Lipinski definition) is 1. The summed E-state index contributed by atoms with van der Waals surface area (Å²) in [5.74, 6) is 0. The topological polar surface area (TPSA) is 12.0 Å². The summed E-state index contributed by atoms with van der Waals surface area (Å²) in [6, 6.07) is 10.1. The van der Waals surface area contributed by atoms with Gasteiger partial charge in [0.05, 0.1) is 0 Å². The quantitative estimate of drug-likeness (QED) is 0.775. The first-order valence-corrected chi connectivity index (χ1v) is 5.22. The Kier molecular flexibility index (Phi) is 2.82. The van der Waals surface area contributed by atoms with Gasteiger partial charge in [-0.1, -0.05) is 30.3 Å². The minimum atomic E-state index is -0.908. The number of benzene rings is 1. The van der Waals surface area contributed by atoms with Crippen LogP contribution in [0.2, 0.25) is 0 Å². The minimum Gasteiger partial charge on any atom is -0.309 e. The first kappa shape index (κ1) is 9.66. The summed E-state index contributed by atoms with van der Waals surface area (Å²) in [5, 5.41) is 3.17. The van der Waals surface area contributed by atoms with Crippen molar-refractivity contribution in [3.05, 3.63) is 35.9 Å². The Balaban J connectivity index is 1.73. The van der Waals surface area contributed by atoms with E-state index in [0.29, 0.717) is 6.54 Å². The molecule has 0 spiro atoms. The molecule has 0 bridgehead atoms. The van der Waals surface area contributed by atoms with Crippen LogP contribution in [0.5, 0.6) is 0 Å². The van der Waals surface area contributed by atoms with Crippen molar-refractivity contribution in [3.8, 4) is 0 Å². The van der Waals surface area contributed by atoms with E-state index in [2.05, 4.69) is 17.4 Å². The van der Waals surface area contributed by atoms with Crippen molar-refractivity contribution in [1.29, 1.82) is 0 Å². The van der Waals surface area contributed by atoms with E-state index in [0.717, 1.165) is 25.8 Å². The second-order valence-corrected chi connectivity index (χ2v) is 4.09. The lowest BCUT2D eigenvalue weighted by Gasteiger charge is -2.33. The summed E-state index contributed by atoms with van der Waals surface area (Å²) in [4.78, 5) is 0. The fourth-order valence-electron chi connectivity index (χ4n) is 1.76. The SMILES string of the molecule is FC1(CNCc2ccccc2)CCC1. The van der Waals surface area contributed by atoms with Crippen molar-refractivity contribution < 1.29 is 4.39 Å². The molecule has 1 nitrogen and oxygen atoms in total. The third-order valence-electron chi connectivity index (χ3n) is 2.86. The molecule has 1 aliphatic rings. The van der Waals surface area contributed by atoms with Gasteiger partial charge in [-0.2, -0.15) is 0 Å². The molecule has 0 aliphatic heterocycles. The molecule has 0 atom stereocenters. The molecular formula is C12H16FN. The first-order valence-electron chi connectivity index (χ1n) is 5.22. The average molecular weight is 193 g/mol. The van der Waals surface area contributed by atoms with Gasteiger partial charge in [0.25, 0.3) is 0 Å². The highest BCUT2D eigenvalue weighted by molar-refractivity contribution is 5.14. The molecular weight excluding hydrogens is 177 g/mol. The maximum Gasteiger partial charge on any atom is 0.123 e. The van der Waals surface area contributed by atoms with Crippen LogP contribution in [-0.4, -0.2) is 12.2 Å². The van der Waals surface area contributed by atoms with E-state index in [1.54, 1.807) is 0 Å². The average Bonchev–Trinajstić information content (AvgIpc) is 2.17.